The number of aryl methyl sites for hydroxylation is 1. The molecular formula is C20H28N4O2S. The fraction of sp³-hybridized carbons (Fsp3) is 0.500. The van der Waals surface area contributed by atoms with Crippen molar-refractivity contribution in [3.8, 4) is 0 Å². The molecule has 7 heteroatoms. The Hall–Kier alpha value is -2.12. The zero-order chi connectivity index (χ0) is 19.4. The summed E-state index contributed by atoms with van der Waals surface area (Å²) in [5.41, 5.74) is 2.22. The van der Waals surface area contributed by atoms with Crippen LogP contribution in [0.15, 0.2) is 29.8 Å². The van der Waals surface area contributed by atoms with Crippen LogP contribution >= 0.6 is 11.3 Å². The van der Waals surface area contributed by atoms with Crippen LogP contribution in [0.4, 0.5) is 10.6 Å². The number of amides is 2. The number of hydrogen-bond donors (Lipinski definition) is 1. The van der Waals surface area contributed by atoms with Gasteiger partial charge in [-0.1, -0.05) is 6.07 Å². The first-order valence-electron chi connectivity index (χ1n) is 9.29. The second-order valence-corrected chi connectivity index (χ2v) is 8.23. The highest BCUT2D eigenvalue weighted by atomic mass is 32.1. The van der Waals surface area contributed by atoms with Crippen molar-refractivity contribution in [1.82, 2.24) is 15.2 Å². The van der Waals surface area contributed by atoms with E-state index in [-0.39, 0.29) is 18.2 Å². The van der Waals surface area contributed by atoms with E-state index in [1.807, 2.05) is 25.4 Å². The lowest BCUT2D eigenvalue weighted by Crippen LogP contribution is -2.45. The maximum Gasteiger partial charge on any atom is 0.317 e. The van der Waals surface area contributed by atoms with Crippen LogP contribution in [0.5, 0.6) is 0 Å². The molecule has 6 nitrogen and oxygen atoms in total. The lowest BCUT2D eigenvalue weighted by molar-refractivity contribution is -0.00546. The normalized spacial score (nSPS) is 19.8. The highest BCUT2D eigenvalue weighted by molar-refractivity contribution is 7.10. The van der Waals surface area contributed by atoms with Crippen LogP contribution < -0.4 is 10.2 Å². The Morgan fingerprint density at radius 2 is 2.07 bits per heavy atom. The minimum Gasteiger partial charge on any atom is -0.372 e. The molecule has 2 aromatic rings. The van der Waals surface area contributed by atoms with Gasteiger partial charge >= 0.3 is 6.03 Å². The van der Waals surface area contributed by atoms with Crippen molar-refractivity contribution in [2.75, 3.05) is 25.0 Å². The number of rotatable bonds is 5. The molecule has 2 amide bonds. The summed E-state index contributed by atoms with van der Waals surface area (Å²) >= 11 is 1.68. The van der Waals surface area contributed by atoms with Crippen LogP contribution in [0.25, 0.3) is 0 Å². The van der Waals surface area contributed by atoms with E-state index in [0.717, 1.165) is 24.5 Å². The molecule has 1 saturated heterocycles. The maximum atomic E-state index is 12.3. The smallest absolute Gasteiger partial charge is 0.317 e. The number of urea groups is 1. The number of hydrogen-bond acceptors (Lipinski definition) is 5. The number of pyridine rings is 1. The summed E-state index contributed by atoms with van der Waals surface area (Å²) in [6, 6.07) is 6.04. The lowest BCUT2D eigenvalue weighted by Gasteiger charge is -2.36. The fourth-order valence-electron chi connectivity index (χ4n) is 3.24. The van der Waals surface area contributed by atoms with Crippen molar-refractivity contribution in [2.45, 2.75) is 46.1 Å². The third-order valence-corrected chi connectivity index (χ3v) is 5.70. The van der Waals surface area contributed by atoms with Gasteiger partial charge in [-0.25, -0.2) is 9.78 Å². The molecule has 27 heavy (non-hydrogen) atoms. The van der Waals surface area contributed by atoms with E-state index in [1.165, 1.54) is 10.4 Å². The Balaban J connectivity index is 1.51. The van der Waals surface area contributed by atoms with Gasteiger partial charge in [-0.15, -0.1) is 11.3 Å². The molecule has 2 unspecified atom stereocenters. The molecule has 3 heterocycles. The van der Waals surface area contributed by atoms with Crippen molar-refractivity contribution in [1.29, 1.82) is 0 Å². The first kappa shape index (κ1) is 19.6. The molecule has 146 valence electrons. The average Bonchev–Trinajstić information content (AvgIpc) is 3.04. The van der Waals surface area contributed by atoms with E-state index in [4.69, 9.17) is 4.74 Å². The lowest BCUT2D eigenvalue weighted by atomic mass is 10.2. The van der Waals surface area contributed by atoms with Crippen LogP contribution in [0.1, 0.15) is 29.9 Å². The number of nitrogens with zero attached hydrogens (tertiary/aromatic N) is 3. The third-order valence-electron chi connectivity index (χ3n) is 4.69. The predicted molar refractivity (Wildman–Crippen MR) is 109 cm³/mol. The standard InChI is InChI=1S/C20H28N4O2S/c1-14-7-8-27-18(14)13-23(4)20(25)22-10-17-5-6-19(21-9-17)24-11-15(2)26-16(3)12-24/h5-9,15-16H,10-13H2,1-4H3,(H,22,25). The molecular weight excluding hydrogens is 360 g/mol. The van der Waals surface area contributed by atoms with Gasteiger partial charge in [-0.2, -0.15) is 0 Å². The molecule has 0 radical (unpaired) electrons. The average molecular weight is 389 g/mol. The van der Waals surface area contributed by atoms with E-state index >= 15 is 0 Å². The van der Waals surface area contributed by atoms with Crippen molar-refractivity contribution < 1.29 is 9.53 Å². The van der Waals surface area contributed by atoms with Crippen LogP contribution in [0, 0.1) is 6.92 Å². The van der Waals surface area contributed by atoms with Gasteiger partial charge in [-0.3, -0.25) is 0 Å². The minimum absolute atomic E-state index is 0.0808. The topological polar surface area (TPSA) is 57.7 Å². The first-order chi connectivity index (χ1) is 12.9. The van der Waals surface area contributed by atoms with Crippen LogP contribution in [-0.2, 0) is 17.8 Å². The monoisotopic (exact) mass is 388 g/mol. The second kappa shape index (κ2) is 8.71. The molecule has 1 aliphatic heterocycles. The molecule has 2 atom stereocenters. The number of morpholine rings is 1. The molecule has 0 spiro atoms. The summed E-state index contributed by atoms with van der Waals surface area (Å²) in [6.45, 7) is 9.03. The van der Waals surface area contributed by atoms with E-state index in [9.17, 15) is 4.79 Å². The van der Waals surface area contributed by atoms with Crippen molar-refractivity contribution in [2.24, 2.45) is 0 Å². The van der Waals surface area contributed by atoms with Gasteiger partial charge in [0.2, 0.25) is 0 Å². The van der Waals surface area contributed by atoms with Crippen LogP contribution in [-0.4, -0.2) is 48.3 Å². The zero-order valence-electron chi connectivity index (χ0n) is 16.4. The minimum atomic E-state index is -0.0808. The molecule has 1 aliphatic rings. The molecule has 1 fully saturated rings. The van der Waals surface area contributed by atoms with Crippen molar-refractivity contribution in [3.63, 3.8) is 0 Å². The van der Waals surface area contributed by atoms with Crippen molar-refractivity contribution in [3.05, 3.63) is 45.8 Å². The zero-order valence-corrected chi connectivity index (χ0v) is 17.3. The Morgan fingerprint density at radius 3 is 2.67 bits per heavy atom. The summed E-state index contributed by atoms with van der Waals surface area (Å²) in [5, 5.41) is 5.02. The SMILES string of the molecule is Cc1ccsc1CN(C)C(=O)NCc1ccc(N2CC(C)OC(C)C2)nc1. The van der Waals surface area contributed by atoms with Gasteiger partial charge in [0.05, 0.1) is 18.8 Å². The second-order valence-electron chi connectivity index (χ2n) is 7.23. The van der Waals surface area contributed by atoms with E-state index in [1.54, 1.807) is 16.2 Å². The molecule has 0 aliphatic carbocycles. The van der Waals surface area contributed by atoms with Gasteiger partial charge < -0.3 is 19.9 Å². The maximum absolute atomic E-state index is 12.3. The van der Waals surface area contributed by atoms with E-state index < -0.39 is 0 Å². The Labute approximate surface area is 165 Å². The number of ether oxygens (including phenoxy) is 1. The van der Waals surface area contributed by atoms with Gasteiger partial charge in [0.15, 0.2) is 0 Å². The quantitative estimate of drug-likeness (QED) is 0.853. The van der Waals surface area contributed by atoms with Crippen LogP contribution in [0.2, 0.25) is 0 Å². The molecule has 0 saturated carbocycles. The van der Waals surface area contributed by atoms with Gasteiger partial charge in [0.25, 0.3) is 0 Å². The summed E-state index contributed by atoms with van der Waals surface area (Å²) in [6.07, 6.45) is 2.25. The molecule has 0 aromatic carbocycles. The highest BCUT2D eigenvalue weighted by Gasteiger charge is 2.23. The van der Waals surface area contributed by atoms with E-state index in [2.05, 4.69) is 47.4 Å². The molecule has 3 rings (SSSR count). The van der Waals surface area contributed by atoms with Crippen molar-refractivity contribution >= 4 is 23.2 Å². The number of aromatic nitrogens is 1. The number of thiophene rings is 1. The molecule has 2 aromatic heterocycles. The summed E-state index contributed by atoms with van der Waals surface area (Å²) in [7, 11) is 1.82. The number of carbonyl (C=O) groups excluding carboxylic acids is 1. The highest BCUT2D eigenvalue weighted by Crippen LogP contribution is 2.19. The third kappa shape index (κ3) is 5.20. The predicted octanol–water partition coefficient (Wildman–Crippen LogP) is 3.41. The van der Waals surface area contributed by atoms with Gasteiger partial charge in [0, 0.05) is 37.8 Å². The van der Waals surface area contributed by atoms with Gasteiger partial charge in [-0.05, 0) is 49.4 Å². The summed E-state index contributed by atoms with van der Waals surface area (Å²) < 4.78 is 5.77. The Kier molecular flexibility index (Phi) is 6.34. The fourth-order valence-corrected chi connectivity index (χ4v) is 4.20. The number of nitrogens with one attached hydrogen (secondary N) is 1. The first-order valence-corrected chi connectivity index (χ1v) is 10.2. The van der Waals surface area contributed by atoms with Gasteiger partial charge in [0.1, 0.15) is 5.82 Å². The summed E-state index contributed by atoms with van der Waals surface area (Å²) in [5.74, 6) is 0.956. The Morgan fingerprint density at radius 1 is 1.33 bits per heavy atom. The number of anilines is 1. The molecule has 0 bridgehead atoms. The van der Waals surface area contributed by atoms with E-state index in [0.29, 0.717) is 13.1 Å². The molecule has 1 N–H and O–H groups in total. The van der Waals surface area contributed by atoms with Crippen LogP contribution in [0.3, 0.4) is 0 Å². The Bertz CT molecular complexity index is 752. The number of carbonyl (C=O) groups is 1. The summed E-state index contributed by atoms with van der Waals surface area (Å²) in [4.78, 5) is 22.1. The largest absolute Gasteiger partial charge is 0.372 e.